The number of aromatic amines is 1. The second-order valence-corrected chi connectivity index (χ2v) is 8.43. The van der Waals surface area contributed by atoms with Crippen molar-refractivity contribution in [1.82, 2.24) is 29.7 Å². The van der Waals surface area contributed by atoms with Crippen molar-refractivity contribution in [2.75, 3.05) is 39.0 Å². The van der Waals surface area contributed by atoms with Crippen LogP contribution >= 0.6 is 0 Å². The van der Waals surface area contributed by atoms with Crippen LogP contribution in [0.1, 0.15) is 25.0 Å². The molecular weight excluding hydrogens is 390 g/mol. The summed E-state index contributed by atoms with van der Waals surface area (Å²) in [4.78, 5) is 34.2. The number of fused-ring (bicyclic) bond motifs is 1. The van der Waals surface area contributed by atoms with Gasteiger partial charge < -0.3 is 20.5 Å². The maximum absolute atomic E-state index is 12.9. The lowest BCUT2D eigenvalue weighted by Gasteiger charge is -2.33. The highest BCUT2D eigenvalue weighted by molar-refractivity contribution is 5.82. The highest BCUT2D eigenvalue weighted by Crippen LogP contribution is 2.28. The van der Waals surface area contributed by atoms with E-state index in [0.29, 0.717) is 30.4 Å². The number of anilines is 1. The zero-order valence-corrected chi connectivity index (χ0v) is 17.7. The molecule has 0 unspecified atom stereocenters. The van der Waals surface area contributed by atoms with Crippen LogP contribution < -0.4 is 5.73 Å². The topological polar surface area (TPSA) is 104 Å². The highest BCUT2D eigenvalue weighted by Gasteiger charge is 2.28. The van der Waals surface area contributed by atoms with Gasteiger partial charge in [-0.15, -0.1) is 0 Å². The van der Waals surface area contributed by atoms with E-state index in [9.17, 15) is 4.79 Å². The van der Waals surface area contributed by atoms with Gasteiger partial charge in [-0.1, -0.05) is 18.2 Å². The number of rotatable bonds is 3. The van der Waals surface area contributed by atoms with Gasteiger partial charge >= 0.3 is 0 Å². The minimum Gasteiger partial charge on any atom is -0.382 e. The van der Waals surface area contributed by atoms with E-state index in [1.54, 1.807) is 6.20 Å². The van der Waals surface area contributed by atoms with Gasteiger partial charge in [0.1, 0.15) is 5.69 Å². The van der Waals surface area contributed by atoms with Crippen molar-refractivity contribution in [3.05, 3.63) is 42.2 Å². The number of nitrogens with two attached hydrogens (primary N) is 1. The fourth-order valence-corrected chi connectivity index (χ4v) is 4.41. The van der Waals surface area contributed by atoms with Crippen molar-refractivity contribution in [2.45, 2.75) is 19.3 Å². The minimum atomic E-state index is 0.155. The Bertz CT molecular complexity index is 1110. The Morgan fingerprint density at radius 1 is 1.16 bits per heavy atom. The van der Waals surface area contributed by atoms with E-state index < -0.39 is 0 Å². The van der Waals surface area contributed by atoms with Gasteiger partial charge in [0, 0.05) is 19.0 Å². The molecule has 2 aliphatic rings. The number of nitrogen functional groups attached to an aromatic ring is 1. The van der Waals surface area contributed by atoms with Crippen molar-refractivity contribution in [2.24, 2.45) is 5.92 Å². The van der Waals surface area contributed by atoms with Crippen LogP contribution in [0.15, 0.2) is 36.5 Å². The SMILES string of the molecule is CN1CCC(C(=O)N2CC=C(c3cnc(N)c(-c4nc5ccccc5[nH]4)n3)CC2)CC1. The third-order valence-electron chi connectivity index (χ3n) is 6.33. The van der Waals surface area contributed by atoms with Crippen LogP contribution in [-0.4, -0.2) is 68.9 Å². The molecule has 1 saturated heterocycles. The van der Waals surface area contributed by atoms with Gasteiger partial charge in [-0.25, -0.2) is 15.0 Å². The van der Waals surface area contributed by atoms with E-state index in [0.717, 1.165) is 54.7 Å². The number of amides is 1. The Labute approximate surface area is 181 Å². The first kappa shape index (κ1) is 19.7. The average Bonchev–Trinajstić information content (AvgIpc) is 3.24. The van der Waals surface area contributed by atoms with Crippen LogP contribution in [0.3, 0.4) is 0 Å². The number of piperidine rings is 1. The molecule has 0 radical (unpaired) electrons. The van der Waals surface area contributed by atoms with Crippen LogP contribution in [0, 0.1) is 5.92 Å². The molecule has 8 heteroatoms. The summed E-state index contributed by atoms with van der Waals surface area (Å²) in [6.45, 7) is 3.32. The van der Waals surface area contributed by atoms with Gasteiger partial charge in [0.2, 0.25) is 5.91 Å². The summed E-state index contributed by atoms with van der Waals surface area (Å²) < 4.78 is 0. The number of imidazole rings is 1. The van der Waals surface area contributed by atoms with Crippen LogP contribution in [-0.2, 0) is 4.79 Å². The molecule has 2 aromatic heterocycles. The first-order chi connectivity index (χ1) is 15.1. The molecule has 5 rings (SSSR count). The zero-order valence-electron chi connectivity index (χ0n) is 17.7. The van der Waals surface area contributed by atoms with Crippen molar-refractivity contribution in [1.29, 1.82) is 0 Å². The first-order valence-corrected chi connectivity index (χ1v) is 10.8. The maximum Gasteiger partial charge on any atom is 0.226 e. The number of carbonyl (C=O) groups is 1. The van der Waals surface area contributed by atoms with E-state index in [1.807, 2.05) is 29.2 Å². The number of para-hydroxylation sites is 2. The lowest BCUT2D eigenvalue weighted by atomic mass is 9.94. The molecule has 3 N–H and O–H groups in total. The van der Waals surface area contributed by atoms with Crippen LogP contribution in [0.25, 0.3) is 28.1 Å². The Hall–Kier alpha value is -3.26. The monoisotopic (exact) mass is 417 g/mol. The Kier molecular flexibility index (Phi) is 5.15. The molecule has 4 heterocycles. The highest BCUT2D eigenvalue weighted by atomic mass is 16.2. The lowest BCUT2D eigenvalue weighted by Crippen LogP contribution is -2.43. The number of H-pyrrole nitrogens is 1. The summed E-state index contributed by atoms with van der Waals surface area (Å²) in [5.74, 6) is 1.40. The molecule has 31 heavy (non-hydrogen) atoms. The summed E-state index contributed by atoms with van der Waals surface area (Å²) in [5, 5.41) is 0. The van der Waals surface area contributed by atoms with Gasteiger partial charge in [-0.05, 0) is 57.1 Å². The molecule has 0 aliphatic carbocycles. The predicted octanol–water partition coefficient (Wildman–Crippen LogP) is 2.56. The summed E-state index contributed by atoms with van der Waals surface area (Å²) in [6, 6.07) is 7.83. The smallest absolute Gasteiger partial charge is 0.226 e. The molecule has 0 saturated carbocycles. The molecule has 160 valence electrons. The molecule has 2 aliphatic heterocycles. The van der Waals surface area contributed by atoms with Crippen LogP contribution in [0.5, 0.6) is 0 Å². The van der Waals surface area contributed by atoms with Gasteiger partial charge in [-0.2, -0.15) is 0 Å². The normalized spacial score (nSPS) is 18.4. The van der Waals surface area contributed by atoms with Crippen molar-refractivity contribution in [3.8, 4) is 11.5 Å². The molecule has 8 nitrogen and oxygen atoms in total. The summed E-state index contributed by atoms with van der Waals surface area (Å²) in [5.41, 5.74) is 10.4. The number of likely N-dealkylation sites (tertiary alicyclic amines) is 1. The van der Waals surface area contributed by atoms with E-state index in [2.05, 4.69) is 33.0 Å². The van der Waals surface area contributed by atoms with Crippen molar-refractivity contribution in [3.63, 3.8) is 0 Å². The average molecular weight is 418 g/mol. The largest absolute Gasteiger partial charge is 0.382 e. The minimum absolute atomic E-state index is 0.155. The molecule has 3 aromatic rings. The van der Waals surface area contributed by atoms with E-state index in [-0.39, 0.29) is 11.8 Å². The summed E-state index contributed by atoms with van der Waals surface area (Å²) in [7, 11) is 2.11. The fourth-order valence-electron chi connectivity index (χ4n) is 4.41. The molecular formula is C23H27N7O. The third-order valence-corrected chi connectivity index (χ3v) is 6.33. The van der Waals surface area contributed by atoms with Crippen LogP contribution in [0.2, 0.25) is 0 Å². The van der Waals surface area contributed by atoms with Gasteiger partial charge in [0.05, 0.1) is 22.9 Å². The first-order valence-electron chi connectivity index (χ1n) is 10.8. The lowest BCUT2D eigenvalue weighted by molar-refractivity contribution is -0.136. The van der Waals surface area contributed by atoms with E-state index >= 15 is 0 Å². The van der Waals surface area contributed by atoms with E-state index in [4.69, 9.17) is 10.7 Å². The molecule has 1 amide bonds. The second kappa shape index (κ2) is 8.11. The third kappa shape index (κ3) is 3.90. The quantitative estimate of drug-likeness (QED) is 0.679. The Balaban J connectivity index is 1.34. The standard InChI is InChI=1S/C23H27N7O/c1-29-10-6-16(7-11-29)23(31)30-12-8-15(9-13-30)19-14-25-21(24)20(26-19)22-27-17-4-2-3-5-18(17)28-22/h2-5,8,14,16H,6-7,9-13H2,1H3,(H2,24,25)(H,27,28). The number of nitrogens with zero attached hydrogens (tertiary/aromatic N) is 5. The van der Waals surface area contributed by atoms with Gasteiger partial charge in [-0.3, -0.25) is 4.79 Å². The fraction of sp³-hybridized carbons (Fsp3) is 0.391. The van der Waals surface area contributed by atoms with Crippen molar-refractivity contribution >= 4 is 28.3 Å². The maximum atomic E-state index is 12.9. The van der Waals surface area contributed by atoms with Gasteiger partial charge in [0.25, 0.3) is 0 Å². The van der Waals surface area contributed by atoms with E-state index in [1.165, 1.54) is 0 Å². The molecule has 1 fully saturated rings. The number of nitrogens with one attached hydrogen (secondary N) is 1. The molecule has 0 spiro atoms. The Morgan fingerprint density at radius 3 is 2.71 bits per heavy atom. The second-order valence-electron chi connectivity index (χ2n) is 8.43. The zero-order chi connectivity index (χ0) is 21.4. The number of aromatic nitrogens is 4. The summed E-state index contributed by atoms with van der Waals surface area (Å²) in [6.07, 6.45) is 6.47. The van der Waals surface area contributed by atoms with Crippen LogP contribution in [0.4, 0.5) is 5.82 Å². The molecule has 1 aromatic carbocycles. The number of carbonyl (C=O) groups excluding carboxylic acids is 1. The summed E-state index contributed by atoms with van der Waals surface area (Å²) >= 11 is 0. The molecule has 0 atom stereocenters. The van der Waals surface area contributed by atoms with Gasteiger partial charge in [0.15, 0.2) is 11.6 Å². The number of hydrogen-bond acceptors (Lipinski definition) is 6. The Morgan fingerprint density at radius 2 is 1.97 bits per heavy atom. The van der Waals surface area contributed by atoms with Crippen molar-refractivity contribution < 1.29 is 4.79 Å². The number of benzene rings is 1. The molecule has 0 bridgehead atoms. The number of hydrogen-bond donors (Lipinski definition) is 2. The predicted molar refractivity (Wildman–Crippen MR) is 121 cm³/mol.